The summed E-state index contributed by atoms with van der Waals surface area (Å²) in [4.78, 5) is 12.0. The molecular weight excluding hydrogens is 344 g/mol. The summed E-state index contributed by atoms with van der Waals surface area (Å²) in [5.74, 6) is -0.227. The Morgan fingerprint density at radius 1 is 1.25 bits per heavy atom. The van der Waals surface area contributed by atoms with Gasteiger partial charge in [0.05, 0.1) is 6.26 Å². The average molecular weight is 363 g/mol. The third kappa shape index (κ3) is 6.02. The monoisotopic (exact) mass is 362 g/mol. The van der Waals surface area contributed by atoms with E-state index in [1.807, 2.05) is 12.1 Å². The second-order valence-corrected chi connectivity index (χ2v) is 7.58. The number of carbonyl (C=O) groups excluding carboxylic acids is 1. The average Bonchev–Trinajstić information content (AvgIpc) is 2.33. The maximum absolute atomic E-state index is 12.0. The van der Waals surface area contributed by atoms with Crippen molar-refractivity contribution in [2.24, 2.45) is 0 Å². The summed E-state index contributed by atoms with van der Waals surface area (Å²) < 4.78 is 24.9. The van der Waals surface area contributed by atoms with Crippen LogP contribution in [0.2, 0.25) is 0 Å². The van der Waals surface area contributed by atoms with Crippen molar-refractivity contribution in [3.05, 3.63) is 35.4 Å². The smallest absolute Gasteiger partial charge is 0.251 e. The van der Waals surface area contributed by atoms with Gasteiger partial charge in [-0.25, -0.2) is 13.1 Å². The normalized spacial score (nSPS) is 12.2. The fourth-order valence-electron chi connectivity index (χ4n) is 1.69. The van der Waals surface area contributed by atoms with E-state index in [-0.39, 0.29) is 12.5 Å². The predicted octanol–water partition coefficient (Wildman–Crippen LogP) is 1.64. The maximum atomic E-state index is 12.0. The summed E-state index contributed by atoms with van der Waals surface area (Å²) >= 11 is 3.34. The van der Waals surface area contributed by atoms with Gasteiger partial charge in [0, 0.05) is 23.0 Å². The summed E-state index contributed by atoms with van der Waals surface area (Å²) in [6, 6.07) is 7.21. The molecule has 7 heteroatoms. The number of benzene rings is 1. The van der Waals surface area contributed by atoms with E-state index in [4.69, 9.17) is 0 Å². The Kier molecular flexibility index (Phi) is 5.73. The molecule has 1 amide bonds. The van der Waals surface area contributed by atoms with E-state index in [2.05, 4.69) is 26.0 Å². The number of nitrogens with one attached hydrogen (secondary N) is 2. The second-order valence-electron chi connectivity index (χ2n) is 5.27. The molecule has 0 radical (unpaired) electrons. The van der Waals surface area contributed by atoms with Crippen LogP contribution in [0.5, 0.6) is 0 Å². The van der Waals surface area contributed by atoms with Crippen LogP contribution in [-0.2, 0) is 15.4 Å². The highest BCUT2D eigenvalue weighted by molar-refractivity contribution is 9.08. The number of sulfonamides is 1. The van der Waals surface area contributed by atoms with E-state index in [1.54, 1.807) is 26.0 Å². The molecule has 0 fully saturated rings. The van der Waals surface area contributed by atoms with Crippen molar-refractivity contribution < 1.29 is 13.2 Å². The third-order valence-corrected chi connectivity index (χ3v) is 4.09. The van der Waals surface area contributed by atoms with Gasteiger partial charge >= 0.3 is 0 Å². The SMILES string of the molecule is CC(C)(CNC(=O)c1ccc(CBr)cc1)NS(C)(=O)=O. The summed E-state index contributed by atoms with van der Waals surface area (Å²) in [6.07, 6.45) is 1.09. The fourth-order valence-corrected chi connectivity index (χ4v) is 3.14. The van der Waals surface area contributed by atoms with Crippen molar-refractivity contribution in [3.63, 3.8) is 0 Å². The van der Waals surface area contributed by atoms with E-state index < -0.39 is 15.6 Å². The van der Waals surface area contributed by atoms with Gasteiger partial charge in [0.2, 0.25) is 10.0 Å². The molecule has 0 bridgehead atoms. The molecule has 0 aromatic heterocycles. The molecule has 112 valence electrons. The first-order valence-electron chi connectivity index (χ1n) is 6.05. The van der Waals surface area contributed by atoms with Crippen molar-refractivity contribution in [1.29, 1.82) is 0 Å². The van der Waals surface area contributed by atoms with Gasteiger partial charge in [-0.15, -0.1) is 0 Å². The van der Waals surface area contributed by atoms with E-state index in [0.717, 1.165) is 17.1 Å². The molecule has 0 aliphatic rings. The Balaban J connectivity index is 2.62. The van der Waals surface area contributed by atoms with E-state index >= 15 is 0 Å². The molecule has 20 heavy (non-hydrogen) atoms. The minimum atomic E-state index is -3.31. The third-order valence-electron chi connectivity index (χ3n) is 2.52. The minimum absolute atomic E-state index is 0.207. The number of alkyl halides is 1. The van der Waals surface area contributed by atoms with Crippen LogP contribution >= 0.6 is 15.9 Å². The molecule has 0 unspecified atom stereocenters. The van der Waals surface area contributed by atoms with Crippen LogP contribution in [0.15, 0.2) is 24.3 Å². The van der Waals surface area contributed by atoms with E-state index in [1.165, 1.54) is 0 Å². The lowest BCUT2D eigenvalue weighted by Crippen LogP contribution is -2.51. The van der Waals surface area contributed by atoms with Crippen LogP contribution in [0.3, 0.4) is 0 Å². The first-order chi connectivity index (χ1) is 9.13. The zero-order valence-corrected chi connectivity index (χ0v) is 14.1. The van der Waals surface area contributed by atoms with Crippen LogP contribution in [0.25, 0.3) is 0 Å². The first kappa shape index (κ1) is 17.1. The molecular formula is C13H19BrN2O3S. The highest BCUT2D eigenvalue weighted by atomic mass is 79.9. The van der Waals surface area contributed by atoms with Gasteiger partial charge in [0.15, 0.2) is 0 Å². The first-order valence-corrected chi connectivity index (χ1v) is 9.06. The molecule has 2 N–H and O–H groups in total. The number of halogens is 1. The standard InChI is InChI=1S/C13H19BrN2O3S/c1-13(2,16-20(3,18)19)9-15-12(17)11-6-4-10(8-14)5-7-11/h4-7,16H,8-9H2,1-3H3,(H,15,17). The largest absolute Gasteiger partial charge is 0.350 e. The molecule has 1 aromatic rings. The maximum Gasteiger partial charge on any atom is 0.251 e. The quantitative estimate of drug-likeness (QED) is 0.755. The van der Waals surface area contributed by atoms with Crippen LogP contribution < -0.4 is 10.0 Å². The van der Waals surface area contributed by atoms with Crippen molar-refractivity contribution >= 4 is 31.9 Å². The zero-order chi connectivity index (χ0) is 15.4. The van der Waals surface area contributed by atoms with Crippen molar-refractivity contribution in [2.45, 2.75) is 24.7 Å². The van der Waals surface area contributed by atoms with E-state index in [9.17, 15) is 13.2 Å². The van der Waals surface area contributed by atoms with Crippen molar-refractivity contribution in [2.75, 3.05) is 12.8 Å². The molecule has 0 aliphatic heterocycles. The number of hydrogen-bond acceptors (Lipinski definition) is 3. The van der Waals surface area contributed by atoms with E-state index in [0.29, 0.717) is 5.56 Å². The molecule has 1 aromatic carbocycles. The number of carbonyl (C=O) groups is 1. The Morgan fingerprint density at radius 2 is 1.80 bits per heavy atom. The number of amides is 1. The highest BCUT2D eigenvalue weighted by Crippen LogP contribution is 2.08. The zero-order valence-electron chi connectivity index (χ0n) is 11.7. The lowest BCUT2D eigenvalue weighted by atomic mass is 10.1. The summed E-state index contributed by atoms with van der Waals surface area (Å²) in [5, 5.41) is 3.46. The van der Waals surface area contributed by atoms with Gasteiger partial charge in [0.25, 0.3) is 5.91 Å². The van der Waals surface area contributed by atoms with Crippen molar-refractivity contribution in [3.8, 4) is 0 Å². The number of rotatable bonds is 6. The van der Waals surface area contributed by atoms with Gasteiger partial charge in [-0.1, -0.05) is 28.1 Å². The van der Waals surface area contributed by atoms with Crippen LogP contribution in [0.4, 0.5) is 0 Å². The van der Waals surface area contributed by atoms with Gasteiger partial charge < -0.3 is 5.32 Å². The topological polar surface area (TPSA) is 75.3 Å². The highest BCUT2D eigenvalue weighted by Gasteiger charge is 2.22. The van der Waals surface area contributed by atoms with Gasteiger partial charge in [0.1, 0.15) is 0 Å². The van der Waals surface area contributed by atoms with Gasteiger partial charge in [-0.2, -0.15) is 0 Å². The van der Waals surface area contributed by atoms with Crippen molar-refractivity contribution in [1.82, 2.24) is 10.0 Å². The summed E-state index contributed by atoms with van der Waals surface area (Å²) in [7, 11) is -3.31. The van der Waals surface area contributed by atoms with Crippen LogP contribution in [-0.4, -0.2) is 32.7 Å². The molecule has 0 atom stereocenters. The molecule has 0 saturated carbocycles. The number of hydrogen-bond donors (Lipinski definition) is 2. The fraction of sp³-hybridized carbons (Fsp3) is 0.462. The summed E-state index contributed by atoms with van der Waals surface area (Å²) in [6.45, 7) is 3.63. The molecule has 0 heterocycles. The Bertz CT molecular complexity index is 568. The predicted molar refractivity (Wildman–Crippen MR) is 83.5 cm³/mol. The molecule has 0 spiro atoms. The minimum Gasteiger partial charge on any atom is -0.350 e. The van der Waals surface area contributed by atoms with Crippen LogP contribution in [0.1, 0.15) is 29.8 Å². The van der Waals surface area contributed by atoms with Gasteiger partial charge in [-0.05, 0) is 31.5 Å². The molecule has 0 saturated heterocycles. The second kappa shape index (κ2) is 6.69. The lowest BCUT2D eigenvalue weighted by molar-refractivity contribution is 0.0944. The molecule has 5 nitrogen and oxygen atoms in total. The Morgan fingerprint density at radius 3 is 2.25 bits per heavy atom. The summed E-state index contributed by atoms with van der Waals surface area (Å²) in [5.41, 5.74) is 0.893. The molecule has 1 rings (SSSR count). The Labute approximate surface area is 128 Å². The Hall–Kier alpha value is -0.920. The lowest BCUT2D eigenvalue weighted by Gasteiger charge is -2.25. The molecule has 0 aliphatic carbocycles. The van der Waals surface area contributed by atoms with Crippen LogP contribution in [0, 0.1) is 0 Å². The van der Waals surface area contributed by atoms with Gasteiger partial charge in [-0.3, -0.25) is 4.79 Å².